The van der Waals surface area contributed by atoms with Crippen LogP contribution >= 0.6 is 34.8 Å². The minimum Gasteiger partial charge on any atom is -0.872 e. The highest BCUT2D eigenvalue weighted by Gasteiger charge is 2.43. The highest BCUT2D eigenvalue weighted by Crippen LogP contribution is 2.38. The van der Waals surface area contributed by atoms with Gasteiger partial charge in [-0.1, -0.05) is 26.5 Å². The lowest BCUT2D eigenvalue weighted by Gasteiger charge is -2.35. The van der Waals surface area contributed by atoms with Crippen LogP contribution in [0.2, 0.25) is 0 Å². The predicted octanol–water partition coefficient (Wildman–Crippen LogP) is 16.8. The van der Waals surface area contributed by atoms with Crippen LogP contribution in [0.3, 0.4) is 0 Å². The van der Waals surface area contributed by atoms with Gasteiger partial charge in [-0.05, 0) is 321 Å². The van der Waals surface area contributed by atoms with E-state index in [4.69, 9.17) is 107 Å². The lowest BCUT2D eigenvalue weighted by molar-refractivity contribution is -0.321. The largest absolute Gasteiger partial charge is 0.872 e. The van der Waals surface area contributed by atoms with Crippen molar-refractivity contribution in [2.75, 3.05) is 12.5 Å². The number of aliphatic hydroxyl groups is 1. The maximum Gasteiger partial charge on any atom is 0.354 e. The van der Waals surface area contributed by atoms with E-state index in [9.17, 15) is 98.6 Å². The molecule has 7 atom stereocenters. The fraction of sp³-hybridized carbons (Fsp3) is 0.495. The second kappa shape index (κ2) is 56.3. The standard InChI is InChI=1S/C16H18ClFO4.C16H15FO6.C16H19FO4.C15H17FO4.C11H10ClFO2.C10H9FO3.C6H8O4.C5H9ClO.C4H8O2.C4H10O.C2H4O2/c1-16(2,3)22-15(20)13(17)14(19)12-6-4-9-8-10(18)5-7-11(9)21-12;1-16(2)22-14(19)12(15(20)23-16)13(18)11-5-3-8-7-9(17)4-6-10(8)21-11;1-16(2,3)21-15(19)9-12(18)14-6-4-10-8-11(17)5-7-13(10)20-14;1-15(2,3)14(18)20-13(17)12-6-4-9-8-10(16)5-7-11(9)19-12;12-6-9(14)11-3-1-7-5-8(13)2-4-10(7)15-11;11-7-2-4-8-6(5-7)1-3-9(14-8)10(12)13;1-6(2)9-4(7)3-5(8)10-6;1-5(2,3)4(6)7;1-3-6-4(2)5;1-4(2,3)5;1-2(3)4/h5,7-8,12-13H,4,6H2,1-3H3;4,6-7,11,18H,3,5H2,1-2H3;5,7-8,14H,4,6,9H2,1-3H3;5,7-8,12H,4,6H2,1-3H3;2,4-5,11H,1,3,6H2;2,4-5,9H,1,3H2,(H,12,13);3H2,1-2H3;1-3H3;3H2,1-2H3;5H,1-3H3;1H3,(H,3,4)/p-1/t12-,13?;11-;14-;12-;11-;9-;;;;;/m000000...../s1. The van der Waals surface area contributed by atoms with Crippen LogP contribution in [0.1, 0.15) is 237 Å². The number of carboxylic acid groups (broad SMARTS) is 2. The van der Waals surface area contributed by atoms with Crippen LogP contribution in [0.5, 0.6) is 34.5 Å². The van der Waals surface area contributed by atoms with Gasteiger partial charge in [0.05, 0.1) is 23.5 Å². The third-order valence-corrected chi connectivity index (χ3v) is 20.7. The van der Waals surface area contributed by atoms with Crippen molar-refractivity contribution in [2.45, 2.75) is 313 Å². The molecule has 0 amide bonds. The summed E-state index contributed by atoms with van der Waals surface area (Å²) in [6, 6.07) is 24.9. The molecule has 6 aromatic rings. The molecule has 0 spiro atoms. The van der Waals surface area contributed by atoms with Crippen molar-refractivity contribution >= 4 is 123 Å². The Morgan fingerprint density at radius 1 is 0.449 bits per heavy atom. The predicted molar refractivity (Wildman–Crippen MR) is 517 cm³/mol. The molecule has 0 aromatic heterocycles. The maximum atomic E-state index is 13.2. The Bertz CT molecular complexity index is 5650. The molecule has 8 heterocycles. The number of esters is 9. The SMILES string of the molecule is CC(=O)O.CC(C)(C)C(=O)Cl.CC(C)(C)C(=O)OC(=O)[C@@H]1CCc2cc(F)ccc2O1.CC(C)(C)O.CC(C)(C)OC(=O)C(Cl)C(=O)[C@@H]1CCc2cc(F)ccc2O1.CC(C)(C)OC(=O)CC(=O)[C@@H]1CCc2cc(F)ccc2O1.CC1(C)OC(=O)C(=C([O-])[C@@H]2CCc3cc(F)ccc3O2)C(=O)O1.CC1(C)OC(=O)CC(=O)O1.CCOC(C)=O.O=C(CCl)[C@@H]1CCc2cc(F)ccc2O1.O=C(O)[C@@H]1CCc2cc(F)ccc2O1. The summed E-state index contributed by atoms with van der Waals surface area (Å²) >= 11 is 16.5. The van der Waals surface area contributed by atoms with Crippen LogP contribution in [0.15, 0.2) is 121 Å². The first-order chi connectivity index (χ1) is 67.8. The third-order valence-electron chi connectivity index (χ3n) is 19.5. The summed E-state index contributed by atoms with van der Waals surface area (Å²) in [5, 5.41) is 35.4. The third kappa shape index (κ3) is 46.4. The first kappa shape index (κ1) is 126. The Morgan fingerprint density at radius 3 is 1.03 bits per heavy atom. The number of hydrogen-bond donors (Lipinski definition) is 3. The quantitative estimate of drug-likeness (QED) is 0.0118. The molecule has 3 N–H and O–H groups in total. The number of carboxylic acids is 2. The first-order valence-corrected chi connectivity index (χ1v) is 47.6. The molecular weight excluding hydrogens is 2010 g/mol. The highest BCUT2D eigenvalue weighted by molar-refractivity contribution is 6.64. The van der Waals surface area contributed by atoms with E-state index in [2.05, 4.69) is 14.2 Å². The Balaban J connectivity index is 0.000000348. The van der Waals surface area contributed by atoms with Gasteiger partial charge in [0.2, 0.25) is 11.0 Å². The molecule has 42 heteroatoms. The number of aliphatic carboxylic acids is 2. The van der Waals surface area contributed by atoms with Crippen molar-refractivity contribution in [3.63, 3.8) is 0 Å². The van der Waals surface area contributed by atoms with E-state index >= 15 is 0 Å². The minimum absolute atomic E-state index is 0.0405. The molecule has 33 nitrogen and oxygen atoms in total. The summed E-state index contributed by atoms with van der Waals surface area (Å²) in [6.45, 7) is 36.5. The van der Waals surface area contributed by atoms with Crippen LogP contribution in [0.4, 0.5) is 26.3 Å². The second-order valence-corrected chi connectivity index (χ2v) is 40.4. The Kier molecular flexibility index (Phi) is 48.4. The topological polar surface area (TPSA) is 469 Å². The van der Waals surface area contributed by atoms with Gasteiger partial charge >= 0.3 is 59.7 Å². The van der Waals surface area contributed by atoms with Gasteiger partial charge in [-0.2, -0.15) is 0 Å². The van der Waals surface area contributed by atoms with E-state index in [1.165, 1.54) is 138 Å². The highest BCUT2D eigenvalue weighted by atomic mass is 35.5. The number of rotatable bonds is 12. The summed E-state index contributed by atoms with van der Waals surface area (Å²) in [7, 11) is 0. The number of ketones is 3. The van der Waals surface area contributed by atoms with Gasteiger partial charge in [0.15, 0.2) is 47.5 Å². The molecule has 0 bridgehead atoms. The van der Waals surface area contributed by atoms with Crippen LogP contribution in [-0.4, -0.2) is 186 Å². The Hall–Kier alpha value is -12.9. The summed E-state index contributed by atoms with van der Waals surface area (Å²) in [5.41, 5.74) is 0.717. The van der Waals surface area contributed by atoms with Crippen molar-refractivity contribution in [1.29, 1.82) is 0 Å². The molecule has 2 saturated heterocycles. The summed E-state index contributed by atoms with van der Waals surface area (Å²) in [5.74, 6) is -11.2. The molecule has 2 fully saturated rings. The summed E-state index contributed by atoms with van der Waals surface area (Å²) < 4.78 is 149. The van der Waals surface area contributed by atoms with Gasteiger partial charge in [-0.3, -0.25) is 47.9 Å². The zero-order chi connectivity index (χ0) is 112. The van der Waals surface area contributed by atoms with E-state index < -0.39 is 158 Å². The Labute approximate surface area is 862 Å². The molecular formula is C105H126Cl3F6O33-. The fourth-order valence-corrected chi connectivity index (χ4v) is 13.3. The van der Waals surface area contributed by atoms with Crippen molar-refractivity contribution in [2.24, 2.45) is 10.8 Å². The lowest BCUT2D eigenvalue weighted by atomic mass is 9.97. The van der Waals surface area contributed by atoms with E-state index in [1.807, 2.05) is 0 Å². The number of Topliss-reactive ketones (excluding diaryl/α,β-unsaturated/α-hetero) is 3. The van der Waals surface area contributed by atoms with Gasteiger partial charge in [0.25, 0.3) is 17.5 Å². The number of alkyl halides is 2. The number of ether oxygens (including phenoxy) is 14. The van der Waals surface area contributed by atoms with Gasteiger partial charge in [-0.25, -0.2) is 50.3 Å². The summed E-state index contributed by atoms with van der Waals surface area (Å²) in [6.07, 6.45) is 0.317. The Morgan fingerprint density at radius 2 is 0.735 bits per heavy atom. The first-order valence-electron chi connectivity index (χ1n) is 46.3. The number of aryl methyl sites for hydroxylation is 6. The molecule has 1 unspecified atom stereocenters. The molecule has 808 valence electrons. The van der Waals surface area contributed by atoms with E-state index in [0.717, 1.165) is 29.2 Å². The van der Waals surface area contributed by atoms with Crippen LogP contribution in [0.25, 0.3) is 0 Å². The normalized spacial score (nSPS) is 18.2. The number of hydrogen-bond acceptors (Lipinski definition) is 31. The molecule has 14 rings (SSSR count). The monoisotopic (exact) mass is 2130 g/mol. The van der Waals surface area contributed by atoms with Crippen LogP contribution < -0.4 is 33.5 Å². The number of fused-ring (bicyclic) bond motifs is 6. The lowest BCUT2D eigenvalue weighted by Crippen LogP contribution is -2.45. The minimum atomic E-state index is -1.41. The van der Waals surface area contributed by atoms with E-state index in [1.54, 1.807) is 117 Å². The van der Waals surface area contributed by atoms with Crippen molar-refractivity contribution in [1.82, 2.24) is 0 Å². The van der Waals surface area contributed by atoms with Gasteiger partial charge in [-0.15, -0.1) is 23.2 Å². The molecule has 0 aliphatic carbocycles. The maximum absolute atomic E-state index is 13.2. The number of cyclic esters (lactones) is 4. The molecule has 6 aromatic carbocycles. The molecule has 0 saturated carbocycles. The van der Waals surface area contributed by atoms with Gasteiger partial charge in [0, 0.05) is 47.0 Å². The summed E-state index contributed by atoms with van der Waals surface area (Å²) in [4.78, 5) is 167. The molecule has 147 heavy (non-hydrogen) atoms. The number of carbonyl (C=O) groups is 15. The zero-order valence-electron chi connectivity index (χ0n) is 85.7. The average molecular weight is 2140 g/mol. The average Bonchev–Trinajstić information content (AvgIpc) is 0.783. The van der Waals surface area contributed by atoms with Crippen LogP contribution in [-0.2, 0) is 148 Å². The van der Waals surface area contributed by atoms with E-state index in [0.29, 0.717) is 123 Å². The molecule has 0 radical (unpaired) electrons. The number of halogens is 9. The van der Waals surface area contributed by atoms with Crippen molar-refractivity contribution in [3.8, 4) is 34.5 Å². The van der Waals surface area contributed by atoms with Crippen LogP contribution in [0, 0.1) is 45.7 Å². The fourth-order valence-electron chi connectivity index (χ4n) is 13.0. The van der Waals surface area contributed by atoms with E-state index in [-0.39, 0.29) is 82.4 Å². The molecule has 8 aliphatic rings. The van der Waals surface area contributed by atoms with Crippen molar-refractivity contribution < 1.29 is 185 Å². The second-order valence-electron chi connectivity index (χ2n) is 39.4. The molecule has 8 aliphatic heterocycles. The van der Waals surface area contributed by atoms with Crippen molar-refractivity contribution in [3.05, 3.63) is 189 Å². The number of benzene rings is 6. The zero-order valence-corrected chi connectivity index (χ0v) is 88.0. The van der Waals surface area contributed by atoms with Gasteiger partial charge < -0.3 is 86.7 Å². The smallest absolute Gasteiger partial charge is 0.354 e. The van der Waals surface area contributed by atoms with Gasteiger partial charge in [0.1, 0.15) is 105 Å². The number of carbonyl (C=O) groups excluding carboxylic acids is 13.